The molecular formula is C24H26N4O4. The summed E-state index contributed by atoms with van der Waals surface area (Å²) in [6, 6.07) is 13.9. The number of phenolic OH excluding ortho intramolecular Hbond substituents is 1. The maximum Gasteiger partial charge on any atom is 0.342 e. The van der Waals surface area contributed by atoms with E-state index < -0.39 is 0 Å². The number of carbonyl (C=O) groups excluding carboxylic acids is 2. The smallest absolute Gasteiger partial charge is 0.342 e. The lowest BCUT2D eigenvalue weighted by Gasteiger charge is -2.09. The van der Waals surface area contributed by atoms with Crippen molar-refractivity contribution in [1.29, 1.82) is 0 Å². The number of nitrogens with one attached hydrogen (secondary N) is 2. The Balaban J connectivity index is 1.53. The first-order valence-corrected chi connectivity index (χ1v) is 10.6. The average Bonchev–Trinajstić information content (AvgIpc) is 3.56. The number of benzene rings is 2. The molecule has 1 aliphatic rings. The Labute approximate surface area is 186 Å². The quantitative estimate of drug-likeness (QED) is 0.516. The molecule has 0 bridgehead atoms. The summed E-state index contributed by atoms with van der Waals surface area (Å²) in [4.78, 5) is 24.5. The summed E-state index contributed by atoms with van der Waals surface area (Å²) in [6.07, 6.45) is 2.36. The topological polar surface area (TPSA) is 105 Å². The molecule has 3 N–H and O–H groups in total. The van der Waals surface area contributed by atoms with Crippen molar-refractivity contribution in [2.75, 3.05) is 12.4 Å². The van der Waals surface area contributed by atoms with Crippen LogP contribution in [0.1, 0.15) is 43.4 Å². The predicted molar refractivity (Wildman–Crippen MR) is 121 cm³/mol. The van der Waals surface area contributed by atoms with Crippen LogP contribution in [0.25, 0.3) is 11.3 Å². The molecule has 0 atom stereocenters. The van der Waals surface area contributed by atoms with Crippen LogP contribution in [0.2, 0.25) is 0 Å². The van der Waals surface area contributed by atoms with Crippen LogP contribution in [-0.4, -0.2) is 33.9 Å². The second kappa shape index (κ2) is 9.13. The summed E-state index contributed by atoms with van der Waals surface area (Å²) in [5.41, 5.74) is 3.30. The standard InChI is InChI=1S/C24H26N4O4/c1-3-23(30)26-17-8-11-19(22(29)12-17)20-13-21(16-6-7-16)28(27-20)24(31)25-14-15-4-9-18(32-2)10-5-15/h4-5,8-13,16,29H,3,6-7,14H2,1-2H3,(H,25,31)(H,26,30). The van der Waals surface area contributed by atoms with E-state index in [1.54, 1.807) is 26.2 Å². The van der Waals surface area contributed by atoms with Crippen LogP contribution in [0.3, 0.4) is 0 Å². The molecule has 0 radical (unpaired) electrons. The molecule has 8 heteroatoms. The van der Waals surface area contributed by atoms with E-state index in [4.69, 9.17) is 4.74 Å². The lowest BCUT2D eigenvalue weighted by Crippen LogP contribution is -2.30. The van der Waals surface area contributed by atoms with Gasteiger partial charge in [-0.1, -0.05) is 19.1 Å². The van der Waals surface area contributed by atoms with E-state index in [2.05, 4.69) is 15.7 Å². The van der Waals surface area contributed by atoms with Crippen molar-refractivity contribution in [2.45, 2.75) is 38.6 Å². The van der Waals surface area contributed by atoms with Crippen molar-refractivity contribution in [2.24, 2.45) is 0 Å². The van der Waals surface area contributed by atoms with Crippen molar-refractivity contribution in [3.8, 4) is 22.8 Å². The van der Waals surface area contributed by atoms with Crippen molar-refractivity contribution in [3.63, 3.8) is 0 Å². The monoisotopic (exact) mass is 434 g/mol. The van der Waals surface area contributed by atoms with Gasteiger partial charge in [0, 0.05) is 36.2 Å². The van der Waals surface area contributed by atoms with Gasteiger partial charge in [-0.25, -0.2) is 4.79 Å². The van der Waals surface area contributed by atoms with Crippen LogP contribution in [0.5, 0.6) is 11.5 Å². The van der Waals surface area contributed by atoms with Crippen LogP contribution in [0, 0.1) is 0 Å². The molecule has 2 amide bonds. The third kappa shape index (κ3) is 4.74. The van der Waals surface area contributed by atoms with Crippen molar-refractivity contribution < 1.29 is 19.4 Å². The number of aromatic nitrogens is 2. The number of amides is 2. The summed E-state index contributed by atoms with van der Waals surface area (Å²) in [5, 5.41) is 20.6. The molecule has 166 valence electrons. The Morgan fingerprint density at radius 3 is 2.53 bits per heavy atom. The van der Waals surface area contributed by atoms with E-state index in [1.807, 2.05) is 30.3 Å². The lowest BCUT2D eigenvalue weighted by molar-refractivity contribution is -0.115. The number of hydrogen-bond acceptors (Lipinski definition) is 5. The number of ether oxygens (including phenoxy) is 1. The number of rotatable bonds is 7. The fourth-order valence-electron chi connectivity index (χ4n) is 3.43. The molecule has 0 unspecified atom stereocenters. The molecule has 4 rings (SSSR count). The molecule has 8 nitrogen and oxygen atoms in total. The number of nitrogens with zero attached hydrogens (tertiary/aromatic N) is 2. The molecule has 1 heterocycles. The maximum absolute atomic E-state index is 12.9. The summed E-state index contributed by atoms with van der Waals surface area (Å²) in [6.45, 7) is 2.12. The van der Waals surface area contributed by atoms with Gasteiger partial charge in [0.05, 0.1) is 18.5 Å². The minimum Gasteiger partial charge on any atom is -0.507 e. The minimum absolute atomic E-state index is 0.00968. The fourth-order valence-corrected chi connectivity index (χ4v) is 3.43. The predicted octanol–water partition coefficient (Wildman–Crippen LogP) is 4.25. The summed E-state index contributed by atoms with van der Waals surface area (Å²) in [7, 11) is 1.61. The van der Waals surface area contributed by atoms with Gasteiger partial charge < -0.3 is 20.5 Å². The van der Waals surface area contributed by atoms with Crippen LogP contribution in [-0.2, 0) is 11.3 Å². The highest BCUT2D eigenvalue weighted by molar-refractivity contribution is 5.91. The molecule has 1 aromatic heterocycles. The summed E-state index contributed by atoms with van der Waals surface area (Å²) < 4.78 is 6.55. The largest absolute Gasteiger partial charge is 0.507 e. The number of hydrogen-bond donors (Lipinski definition) is 3. The van der Waals surface area contributed by atoms with Gasteiger partial charge in [-0.05, 0) is 48.7 Å². The van der Waals surface area contributed by atoms with Gasteiger partial charge in [-0.3, -0.25) is 4.79 Å². The van der Waals surface area contributed by atoms with Crippen LogP contribution in [0.15, 0.2) is 48.5 Å². The maximum atomic E-state index is 12.9. The van der Waals surface area contributed by atoms with E-state index in [0.717, 1.165) is 29.8 Å². The van der Waals surface area contributed by atoms with Gasteiger partial charge in [-0.2, -0.15) is 9.78 Å². The number of anilines is 1. The Morgan fingerprint density at radius 1 is 1.16 bits per heavy atom. The van der Waals surface area contributed by atoms with Crippen molar-refractivity contribution >= 4 is 17.6 Å². The van der Waals surface area contributed by atoms with E-state index in [9.17, 15) is 14.7 Å². The minimum atomic E-state index is -0.319. The number of methoxy groups -OCH3 is 1. The van der Waals surface area contributed by atoms with Crippen molar-refractivity contribution in [1.82, 2.24) is 15.1 Å². The highest BCUT2D eigenvalue weighted by Gasteiger charge is 2.30. The molecular weight excluding hydrogens is 408 g/mol. The Morgan fingerprint density at radius 2 is 1.91 bits per heavy atom. The molecule has 1 saturated carbocycles. The molecule has 3 aromatic rings. The fraction of sp³-hybridized carbons (Fsp3) is 0.292. The van der Waals surface area contributed by atoms with Gasteiger partial charge in [0.2, 0.25) is 5.91 Å². The van der Waals surface area contributed by atoms with Crippen LogP contribution < -0.4 is 15.4 Å². The average molecular weight is 434 g/mol. The Bertz CT molecular complexity index is 1130. The van der Waals surface area contributed by atoms with Crippen molar-refractivity contribution in [3.05, 3.63) is 59.8 Å². The molecule has 0 saturated heterocycles. The summed E-state index contributed by atoms with van der Waals surface area (Å²) >= 11 is 0. The first-order chi connectivity index (χ1) is 15.5. The molecule has 0 aliphatic heterocycles. The number of aromatic hydroxyl groups is 1. The number of phenols is 1. The first-order valence-electron chi connectivity index (χ1n) is 10.6. The van der Waals surface area contributed by atoms with Gasteiger partial charge >= 0.3 is 6.03 Å². The zero-order valence-corrected chi connectivity index (χ0v) is 18.1. The zero-order chi connectivity index (χ0) is 22.7. The van der Waals surface area contributed by atoms with Gasteiger partial charge in [0.1, 0.15) is 11.5 Å². The molecule has 0 spiro atoms. The van der Waals surface area contributed by atoms with Crippen LogP contribution >= 0.6 is 0 Å². The molecule has 32 heavy (non-hydrogen) atoms. The SMILES string of the molecule is CCC(=O)Nc1ccc(-c2cc(C3CC3)n(C(=O)NCc3ccc(OC)cc3)n2)c(O)c1. The van der Waals surface area contributed by atoms with Gasteiger partial charge in [0.25, 0.3) is 0 Å². The van der Waals surface area contributed by atoms with E-state index in [-0.39, 0.29) is 23.6 Å². The third-order valence-electron chi connectivity index (χ3n) is 5.41. The van der Waals surface area contributed by atoms with Gasteiger partial charge in [0.15, 0.2) is 0 Å². The van der Waals surface area contributed by atoms with E-state index in [0.29, 0.717) is 29.9 Å². The highest BCUT2D eigenvalue weighted by atomic mass is 16.5. The number of carbonyl (C=O) groups is 2. The second-order valence-corrected chi connectivity index (χ2v) is 7.78. The zero-order valence-electron chi connectivity index (χ0n) is 18.1. The Hall–Kier alpha value is -3.81. The Kier molecular flexibility index (Phi) is 6.11. The van der Waals surface area contributed by atoms with Gasteiger partial charge in [-0.15, -0.1) is 0 Å². The highest BCUT2D eigenvalue weighted by Crippen LogP contribution is 2.42. The van der Waals surface area contributed by atoms with Crippen LogP contribution in [0.4, 0.5) is 10.5 Å². The lowest BCUT2D eigenvalue weighted by atomic mass is 10.1. The third-order valence-corrected chi connectivity index (χ3v) is 5.41. The normalized spacial score (nSPS) is 12.9. The molecule has 1 fully saturated rings. The van der Waals surface area contributed by atoms with E-state index >= 15 is 0 Å². The molecule has 1 aliphatic carbocycles. The second-order valence-electron chi connectivity index (χ2n) is 7.78. The molecule has 2 aromatic carbocycles. The van der Waals surface area contributed by atoms with E-state index in [1.165, 1.54) is 10.7 Å². The first kappa shape index (κ1) is 21.4. The summed E-state index contributed by atoms with van der Waals surface area (Å²) in [5.74, 6) is 0.900.